The summed E-state index contributed by atoms with van der Waals surface area (Å²) >= 11 is 0. The molecule has 0 heterocycles. The van der Waals surface area contributed by atoms with Crippen LogP contribution >= 0.6 is 0 Å². The highest BCUT2D eigenvalue weighted by Gasteiger charge is 2.27. The van der Waals surface area contributed by atoms with E-state index < -0.39 is 0 Å². The quantitative estimate of drug-likeness (QED) is 0.383. The van der Waals surface area contributed by atoms with Gasteiger partial charge in [-0.05, 0) is 60.3 Å². The SMILES string of the molecule is CC(CCCCC(=O)OC(C)(C)C)OC1(C)CCCCCCCCC1. The first-order chi connectivity index (χ1) is 11.7. The molecule has 3 nitrogen and oxygen atoms in total. The van der Waals surface area contributed by atoms with Crippen LogP contribution < -0.4 is 0 Å². The Labute approximate surface area is 156 Å². The van der Waals surface area contributed by atoms with E-state index >= 15 is 0 Å². The Morgan fingerprint density at radius 3 is 2.00 bits per heavy atom. The predicted octanol–water partition coefficient (Wildman–Crippen LogP) is 6.58. The van der Waals surface area contributed by atoms with Crippen LogP contribution in [-0.4, -0.2) is 23.3 Å². The monoisotopic (exact) mass is 354 g/mol. The van der Waals surface area contributed by atoms with Crippen LogP contribution in [-0.2, 0) is 14.3 Å². The van der Waals surface area contributed by atoms with E-state index in [9.17, 15) is 4.79 Å². The lowest BCUT2D eigenvalue weighted by Crippen LogP contribution is -2.33. The van der Waals surface area contributed by atoms with E-state index in [-0.39, 0.29) is 23.3 Å². The van der Waals surface area contributed by atoms with E-state index in [1.54, 1.807) is 0 Å². The van der Waals surface area contributed by atoms with Gasteiger partial charge >= 0.3 is 5.97 Å². The van der Waals surface area contributed by atoms with Gasteiger partial charge in [-0.3, -0.25) is 4.79 Å². The minimum Gasteiger partial charge on any atom is -0.460 e. The Bertz CT molecular complexity index is 360. The summed E-state index contributed by atoms with van der Waals surface area (Å²) in [6, 6.07) is 0. The first-order valence-corrected chi connectivity index (χ1v) is 10.6. The van der Waals surface area contributed by atoms with Crippen LogP contribution in [0.1, 0.15) is 118 Å². The average Bonchev–Trinajstić information content (AvgIpc) is 2.48. The van der Waals surface area contributed by atoms with Gasteiger partial charge in [0, 0.05) is 6.42 Å². The second-order valence-corrected chi connectivity index (χ2v) is 9.19. The van der Waals surface area contributed by atoms with Crippen LogP contribution in [0.2, 0.25) is 0 Å². The minimum absolute atomic E-state index is 0.0436. The van der Waals surface area contributed by atoms with E-state index in [2.05, 4.69) is 13.8 Å². The third-order valence-electron chi connectivity index (χ3n) is 5.06. The molecule has 3 heteroatoms. The van der Waals surface area contributed by atoms with Crippen LogP contribution in [0.25, 0.3) is 0 Å². The van der Waals surface area contributed by atoms with Gasteiger partial charge in [0.2, 0.25) is 0 Å². The highest BCUT2D eigenvalue weighted by Crippen LogP contribution is 2.30. The third-order valence-corrected chi connectivity index (χ3v) is 5.06. The van der Waals surface area contributed by atoms with Gasteiger partial charge in [-0.2, -0.15) is 0 Å². The fraction of sp³-hybridized carbons (Fsp3) is 0.955. The van der Waals surface area contributed by atoms with Gasteiger partial charge in [-0.25, -0.2) is 0 Å². The summed E-state index contributed by atoms with van der Waals surface area (Å²) in [6.07, 6.45) is 15.6. The predicted molar refractivity (Wildman–Crippen MR) is 105 cm³/mol. The van der Waals surface area contributed by atoms with Crippen molar-refractivity contribution < 1.29 is 14.3 Å². The molecule has 1 unspecified atom stereocenters. The molecule has 0 aromatic rings. The molecule has 148 valence electrons. The molecule has 0 radical (unpaired) electrons. The number of unbranched alkanes of at least 4 members (excludes halogenated alkanes) is 1. The molecular formula is C22H42O3. The maximum atomic E-state index is 11.7. The molecule has 0 amide bonds. The van der Waals surface area contributed by atoms with Crippen LogP contribution in [0.4, 0.5) is 0 Å². The van der Waals surface area contributed by atoms with Crippen LogP contribution in [0.3, 0.4) is 0 Å². The molecule has 0 aliphatic heterocycles. The van der Waals surface area contributed by atoms with Crippen LogP contribution in [0, 0.1) is 0 Å². The molecule has 0 aromatic carbocycles. The average molecular weight is 355 g/mol. The van der Waals surface area contributed by atoms with Gasteiger partial charge in [0.15, 0.2) is 0 Å². The Kier molecular flexibility index (Phi) is 10.1. The van der Waals surface area contributed by atoms with E-state index in [1.165, 1.54) is 57.8 Å². The lowest BCUT2D eigenvalue weighted by molar-refractivity contribution is -0.155. The molecule has 1 aliphatic carbocycles. The highest BCUT2D eigenvalue weighted by molar-refractivity contribution is 5.69. The van der Waals surface area contributed by atoms with Crippen molar-refractivity contribution >= 4 is 5.97 Å². The zero-order valence-corrected chi connectivity index (χ0v) is 17.5. The summed E-state index contributed by atoms with van der Waals surface area (Å²) in [7, 11) is 0. The van der Waals surface area contributed by atoms with E-state index in [1.807, 2.05) is 20.8 Å². The summed E-state index contributed by atoms with van der Waals surface area (Å²) in [5.41, 5.74) is -0.334. The number of rotatable bonds is 7. The summed E-state index contributed by atoms with van der Waals surface area (Å²) in [5.74, 6) is -0.0830. The van der Waals surface area contributed by atoms with E-state index in [0.29, 0.717) is 6.42 Å². The van der Waals surface area contributed by atoms with E-state index in [0.717, 1.165) is 19.3 Å². The topological polar surface area (TPSA) is 35.5 Å². The number of hydrogen-bond donors (Lipinski definition) is 0. The number of hydrogen-bond acceptors (Lipinski definition) is 3. The van der Waals surface area contributed by atoms with Gasteiger partial charge < -0.3 is 9.47 Å². The Balaban J connectivity index is 2.26. The molecule has 0 saturated heterocycles. The first-order valence-electron chi connectivity index (χ1n) is 10.6. The normalized spacial score (nSPS) is 20.7. The summed E-state index contributed by atoms with van der Waals surface area (Å²) in [6.45, 7) is 10.3. The van der Waals surface area contributed by atoms with Crippen molar-refractivity contribution in [3.8, 4) is 0 Å². The lowest BCUT2D eigenvalue weighted by atomic mass is 9.89. The molecule has 1 saturated carbocycles. The van der Waals surface area contributed by atoms with Crippen molar-refractivity contribution in [3.63, 3.8) is 0 Å². The third kappa shape index (κ3) is 11.6. The molecule has 25 heavy (non-hydrogen) atoms. The molecular weight excluding hydrogens is 312 g/mol. The zero-order valence-electron chi connectivity index (χ0n) is 17.5. The van der Waals surface area contributed by atoms with Gasteiger partial charge in [0.25, 0.3) is 0 Å². The molecule has 1 atom stereocenters. The zero-order chi connectivity index (χ0) is 18.8. The Morgan fingerprint density at radius 1 is 0.960 bits per heavy atom. The van der Waals surface area contributed by atoms with Gasteiger partial charge in [0.05, 0.1) is 11.7 Å². The second kappa shape index (κ2) is 11.2. The van der Waals surface area contributed by atoms with Crippen molar-refractivity contribution in [1.82, 2.24) is 0 Å². The van der Waals surface area contributed by atoms with Crippen molar-refractivity contribution in [2.75, 3.05) is 0 Å². The lowest BCUT2D eigenvalue weighted by Gasteiger charge is -2.34. The van der Waals surface area contributed by atoms with Crippen molar-refractivity contribution in [1.29, 1.82) is 0 Å². The fourth-order valence-corrected chi connectivity index (χ4v) is 3.76. The van der Waals surface area contributed by atoms with Crippen molar-refractivity contribution in [2.24, 2.45) is 0 Å². The maximum absolute atomic E-state index is 11.7. The Hall–Kier alpha value is -0.570. The molecule has 0 N–H and O–H groups in total. The fourth-order valence-electron chi connectivity index (χ4n) is 3.76. The van der Waals surface area contributed by atoms with Crippen molar-refractivity contribution in [2.45, 2.75) is 135 Å². The largest absolute Gasteiger partial charge is 0.460 e. The highest BCUT2D eigenvalue weighted by atomic mass is 16.6. The van der Waals surface area contributed by atoms with Crippen LogP contribution in [0.5, 0.6) is 0 Å². The van der Waals surface area contributed by atoms with Gasteiger partial charge in [-0.1, -0.05) is 51.4 Å². The second-order valence-electron chi connectivity index (χ2n) is 9.19. The van der Waals surface area contributed by atoms with Gasteiger partial charge in [0.1, 0.15) is 5.60 Å². The standard InChI is InChI=1S/C22H42O3/c1-19(15-11-12-16-20(23)25-21(2,3)4)24-22(5)17-13-9-7-6-8-10-14-18-22/h19H,6-18H2,1-5H3. The van der Waals surface area contributed by atoms with Crippen LogP contribution in [0.15, 0.2) is 0 Å². The van der Waals surface area contributed by atoms with Gasteiger partial charge in [-0.15, -0.1) is 0 Å². The molecule has 0 bridgehead atoms. The maximum Gasteiger partial charge on any atom is 0.306 e. The molecule has 1 rings (SSSR count). The molecule has 0 aromatic heterocycles. The number of esters is 1. The first kappa shape index (κ1) is 22.5. The Morgan fingerprint density at radius 2 is 1.48 bits per heavy atom. The minimum atomic E-state index is -0.377. The molecule has 1 fully saturated rings. The smallest absolute Gasteiger partial charge is 0.306 e. The molecule has 0 spiro atoms. The number of carbonyl (C=O) groups is 1. The summed E-state index contributed by atoms with van der Waals surface area (Å²) in [4.78, 5) is 11.7. The molecule has 1 aliphatic rings. The summed E-state index contributed by atoms with van der Waals surface area (Å²) in [5, 5.41) is 0. The number of ether oxygens (including phenoxy) is 2. The summed E-state index contributed by atoms with van der Waals surface area (Å²) < 4.78 is 11.8. The van der Waals surface area contributed by atoms with E-state index in [4.69, 9.17) is 9.47 Å². The van der Waals surface area contributed by atoms with Crippen molar-refractivity contribution in [3.05, 3.63) is 0 Å². The number of carbonyl (C=O) groups excluding carboxylic acids is 1.